The Balaban J connectivity index is 1.31. The van der Waals surface area contributed by atoms with Gasteiger partial charge in [-0.3, -0.25) is 0 Å². The molecule has 4 aliphatic rings. The van der Waals surface area contributed by atoms with E-state index in [2.05, 4.69) is 9.64 Å². The summed E-state index contributed by atoms with van der Waals surface area (Å²) in [4.78, 5) is 39.6. The third-order valence-electron chi connectivity index (χ3n) is 8.97. The van der Waals surface area contributed by atoms with Crippen LogP contribution >= 0.6 is 0 Å². The number of aromatic hydroxyl groups is 1. The second kappa shape index (κ2) is 9.98. The minimum Gasteiger partial charge on any atom is -0.504 e. The van der Waals surface area contributed by atoms with Gasteiger partial charge in [0.05, 0.1) is 11.0 Å². The van der Waals surface area contributed by atoms with Crippen molar-refractivity contribution in [2.45, 2.75) is 67.7 Å². The van der Waals surface area contributed by atoms with E-state index < -0.39 is 53.4 Å². The van der Waals surface area contributed by atoms with Gasteiger partial charge in [0, 0.05) is 23.6 Å². The fraction of sp³-hybridized carbons (Fsp3) is 0.433. The molecule has 0 saturated carbocycles. The van der Waals surface area contributed by atoms with Gasteiger partial charge in [0.15, 0.2) is 23.7 Å². The molecular formula is C30H28F3NO9. The van der Waals surface area contributed by atoms with Gasteiger partial charge in [-0.15, -0.1) is 0 Å². The zero-order valence-electron chi connectivity index (χ0n) is 23.1. The fourth-order valence-electron chi connectivity index (χ4n) is 6.97. The van der Waals surface area contributed by atoms with E-state index in [0.29, 0.717) is 24.9 Å². The number of hydrogen-bond donors (Lipinski definition) is 2. The lowest BCUT2D eigenvalue weighted by Crippen LogP contribution is -2.74. The molecule has 43 heavy (non-hydrogen) atoms. The molecule has 6 atom stereocenters. The number of phenolic OH excluding ortho intramolecular Hbond substituents is 1. The van der Waals surface area contributed by atoms with Crippen molar-refractivity contribution in [1.82, 2.24) is 4.90 Å². The van der Waals surface area contributed by atoms with E-state index in [1.807, 2.05) is 7.05 Å². The molecule has 0 aromatic heterocycles. The molecule has 2 N–H and O–H groups in total. The van der Waals surface area contributed by atoms with E-state index in [1.54, 1.807) is 30.3 Å². The highest BCUT2D eigenvalue weighted by Gasteiger charge is 2.72. The van der Waals surface area contributed by atoms with Gasteiger partial charge in [-0.25, -0.2) is 14.4 Å². The number of carbonyl (C=O) groups excluding carboxylic acids is 3. The molecule has 2 aromatic carbocycles. The molecule has 10 nitrogen and oxygen atoms in total. The smallest absolute Gasteiger partial charge is 0.490 e. The summed E-state index contributed by atoms with van der Waals surface area (Å²) in [5.74, 6) is -4.95. The maximum absolute atomic E-state index is 13.6. The predicted octanol–water partition coefficient (Wildman–Crippen LogP) is 2.99. The highest BCUT2D eigenvalue weighted by molar-refractivity contribution is 5.85. The summed E-state index contributed by atoms with van der Waals surface area (Å²) in [5, 5.41) is 22.9. The first-order valence-corrected chi connectivity index (χ1v) is 13.7. The summed E-state index contributed by atoms with van der Waals surface area (Å²) in [6.07, 6.45) is -7.48. The summed E-state index contributed by atoms with van der Waals surface area (Å²) in [6.45, 7) is 1.48. The second-order valence-electron chi connectivity index (χ2n) is 11.3. The number of alkyl halides is 3. The highest BCUT2D eigenvalue weighted by atomic mass is 19.4. The Bertz CT molecular complexity index is 1530. The van der Waals surface area contributed by atoms with E-state index in [0.717, 1.165) is 12.5 Å². The standard InChI is InChI=1S/C30H28F3NO9/c1-15(40-27(38)30(31,32)33)25(36)43-22(16-6-4-3-5-7-16)26(37)41-19-10-11-29(39)20-14-17-8-9-18(35)23-21(17)28(29,24(19)42-23)12-13-34(20)2/h3-10,15,20,22,24,35,39H,11-14H2,1-2H3/t15?,20-,22+,24+,28+,29-/m1/s1. The van der Waals surface area contributed by atoms with Gasteiger partial charge in [0.25, 0.3) is 0 Å². The number of aliphatic hydroxyl groups is 1. The van der Waals surface area contributed by atoms with Crippen molar-refractivity contribution in [3.63, 3.8) is 0 Å². The van der Waals surface area contributed by atoms with Crippen LogP contribution in [0.25, 0.3) is 0 Å². The Labute approximate surface area is 243 Å². The van der Waals surface area contributed by atoms with Crippen molar-refractivity contribution < 1.29 is 56.7 Å². The molecule has 0 amide bonds. The average molecular weight is 604 g/mol. The van der Waals surface area contributed by atoms with Crippen LogP contribution in [-0.4, -0.2) is 76.6 Å². The number of halogens is 3. The molecule has 1 unspecified atom stereocenters. The maximum atomic E-state index is 13.6. The SMILES string of the molecule is CC(OC(=O)C(F)(F)F)C(=O)O[C@H](C(=O)OC1=CC[C@@]2(O)[C@H]3Cc4ccc(O)c5c4[C@@]2(CCN3C)[C@H]1O5)c1ccccc1. The Morgan fingerprint density at radius 2 is 1.81 bits per heavy atom. The third kappa shape index (κ3) is 4.36. The van der Waals surface area contributed by atoms with E-state index >= 15 is 0 Å². The normalized spacial score (nSPS) is 28.5. The number of nitrogens with zero attached hydrogens (tertiary/aromatic N) is 1. The van der Waals surface area contributed by atoms with E-state index in [-0.39, 0.29) is 35.3 Å². The van der Waals surface area contributed by atoms with Gasteiger partial charge in [-0.1, -0.05) is 36.4 Å². The molecule has 2 aliphatic heterocycles. The van der Waals surface area contributed by atoms with Crippen LogP contribution in [0.15, 0.2) is 54.3 Å². The van der Waals surface area contributed by atoms with Crippen molar-refractivity contribution in [3.8, 4) is 11.5 Å². The lowest BCUT2D eigenvalue weighted by Gasteiger charge is -2.61. The first-order valence-electron chi connectivity index (χ1n) is 13.7. The second-order valence-corrected chi connectivity index (χ2v) is 11.3. The summed E-state index contributed by atoms with van der Waals surface area (Å²) in [7, 11) is 1.93. The topological polar surface area (TPSA) is 132 Å². The van der Waals surface area contributed by atoms with Gasteiger partial charge in [-0.2, -0.15) is 13.2 Å². The van der Waals surface area contributed by atoms with Crippen molar-refractivity contribution in [2.75, 3.05) is 13.6 Å². The highest BCUT2D eigenvalue weighted by Crippen LogP contribution is 2.65. The average Bonchev–Trinajstić information content (AvgIpc) is 3.32. The van der Waals surface area contributed by atoms with Crippen molar-refractivity contribution >= 4 is 17.9 Å². The number of piperidine rings is 1. The van der Waals surface area contributed by atoms with Crippen LogP contribution in [0.5, 0.6) is 11.5 Å². The van der Waals surface area contributed by atoms with Crippen LogP contribution in [0.1, 0.15) is 42.6 Å². The zero-order valence-corrected chi connectivity index (χ0v) is 23.1. The Hall–Kier alpha value is -4.10. The molecule has 1 spiro atoms. The minimum atomic E-state index is -5.33. The van der Waals surface area contributed by atoms with Crippen molar-refractivity contribution in [3.05, 3.63) is 71.0 Å². The first kappa shape index (κ1) is 29.0. The Morgan fingerprint density at radius 1 is 1.09 bits per heavy atom. The molecule has 2 bridgehead atoms. The zero-order chi connectivity index (χ0) is 30.9. The number of rotatable bonds is 6. The predicted molar refractivity (Wildman–Crippen MR) is 140 cm³/mol. The van der Waals surface area contributed by atoms with Gasteiger partial charge in [0.2, 0.25) is 6.10 Å². The summed E-state index contributed by atoms with van der Waals surface area (Å²) in [5.41, 5.74) is -0.626. The molecule has 2 heterocycles. The van der Waals surface area contributed by atoms with Crippen molar-refractivity contribution in [1.29, 1.82) is 0 Å². The number of likely N-dealkylation sites (tertiary alicyclic amines) is 1. The summed E-state index contributed by atoms with van der Waals surface area (Å²) in [6, 6.07) is 10.7. The molecule has 1 saturated heterocycles. The number of esters is 3. The molecule has 13 heteroatoms. The minimum absolute atomic E-state index is 0.0370. The first-order chi connectivity index (χ1) is 20.3. The van der Waals surface area contributed by atoms with E-state index in [1.165, 1.54) is 18.2 Å². The largest absolute Gasteiger partial charge is 0.504 e. The van der Waals surface area contributed by atoms with Crippen LogP contribution in [0.2, 0.25) is 0 Å². The summed E-state index contributed by atoms with van der Waals surface area (Å²) >= 11 is 0. The molecule has 6 rings (SSSR count). The van der Waals surface area contributed by atoms with Gasteiger partial charge >= 0.3 is 24.1 Å². The van der Waals surface area contributed by atoms with Gasteiger partial charge < -0.3 is 34.1 Å². The fourth-order valence-corrected chi connectivity index (χ4v) is 6.97. The van der Waals surface area contributed by atoms with E-state index in [9.17, 15) is 37.8 Å². The number of carbonyl (C=O) groups is 3. The van der Waals surface area contributed by atoms with E-state index in [4.69, 9.17) is 14.2 Å². The van der Waals surface area contributed by atoms with Gasteiger partial charge in [0.1, 0.15) is 5.76 Å². The third-order valence-corrected chi connectivity index (χ3v) is 8.97. The van der Waals surface area contributed by atoms with Gasteiger partial charge in [-0.05, 0) is 51.1 Å². The Kier molecular flexibility index (Phi) is 6.73. The number of ether oxygens (including phenoxy) is 4. The number of phenols is 1. The molecule has 228 valence electrons. The molecule has 0 radical (unpaired) electrons. The number of likely N-dealkylation sites (N-methyl/N-ethyl adjacent to an activating group) is 1. The summed E-state index contributed by atoms with van der Waals surface area (Å²) < 4.78 is 59.5. The lowest BCUT2D eigenvalue weighted by atomic mass is 9.50. The Morgan fingerprint density at radius 3 is 2.51 bits per heavy atom. The molecular weight excluding hydrogens is 575 g/mol. The molecule has 2 aromatic rings. The van der Waals surface area contributed by atoms with Crippen LogP contribution in [0, 0.1) is 0 Å². The number of benzene rings is 2. The number of hydrogen-bond acceptors (Lipinski definition) is 10. The van der Waals surface area contributed by atoms with Crippen LogP contribution < -0.4 is 4.74 Å². The van der Waals surface area contributed by atoms with Crippen molar-refractivity contribution in [2.24, 2.45) is 0 Å². The lowest BCUT2D eigenvalue weighted by molar-refractivity contribution is -0.208. The van der Waals surface area contributed by atoms with Crippen LogP contribution in [-0.2, 0) is 40.4 Å². The quantitative estimate of drug-likeness (QED) is 0.375. The van der Waals surface area contributed by atoms with Crippen LogP contribution in [0.3, 0.4) is 0 Å². The maximum Gasteiger partial charge on any atom is 0.490 e. The molecule has 2 aliphatic carbocycles. The molecule has 1 fully saturated rings. The van der Waals surface area contributed by atoms with Crippen LogP contribution in [0.4, 0.5) is 13.2 Å². The monoisotopic (exact) mass is 603 g/mol.